The highest BCUT2D eigenvalue weighted by Crippen LogP contribution is 2.35. The highest BCUT2D eigenvalue weighted by atomic mass is 16.5. The Morgan fingerprint density at radius 3 is 2.74 bits per heavy atom. The van der Waals surface area contributed by atoms with Crippen LogP contribution < -0.4 is 21.1 Å². The molecule has 2 aliphatic rings. The Hall–Kier alpha value is -3.71. The van der Waals surface area contributed by atoms with Crippen LogP contribution in [0.5, 0.6) is 11.5 Å². The summed E-state index contributed by atoms with van der Waals surface area (Å²) in [6.07, 6.45) is 5.77. The number of benzene rings is 2. The van der Waals surface area contributed by atoms with Crippen LogP contribution in [0.1, 0.15) is 61.4 Å². The number of nitrogens with two attached hydrogens (primary N) is 1. The Kier molecular flexibility index (Phi) is 7.21. The predicted molar refractivity (Wildman–Crippen MR) is 150 cm³/mol. The Balaban J connectivity index is 1.31. The molecule has 7 nitrogen and oxygen atoms in total. The van der Waals surface area contributed by atoms with Crippen molar-refractivity contribution in [1.29, 1.82) is 0 Å². The SMILES string of the molecule is CC(C)(C)c1cc(CCN)cc(NC(=O)C2CCc3ccc(Oc4ccnc5c4CCC(=O)N5)cc3C2)c1. The fourth-order valence-electron chi connectivity index (χ4n) is 5.25. The van der Waals surface area contributed by atoms with Crippen molar-refractivity contribution in [3.63, 3.8) is 0 Å². The molecule has 0 radical (unpaired) electrons. The number of hydrogen-bond donors (Lipinski definition) is 3. The summed E-state index contributed by atoms with van der Waals surface area (Å²) in [5.41, 5.74) is 12.3. The lowest BCUT2D eigenvalue weighted by molar-refractivity contribution is -0.120. The normalized spacial score (nSPS) is 16.7. The average molecular weight is 513 g/mol. The molecule has 5 rings (SSSR count). The van der Waals surface area contributed by atoms with Gasteiger partial charge in [-0.15, -0.1) is 0 Å². The summed E-state index contributed by atoms with van der Waals surface area (Å²) in [7, 11) is 0. The maximum absolute atomic E-state index is 13.4. The van der Waals surface area contributed by atoms with Crippen LogP contribution >= 0.6 is 0 Å². The summed E-state index contributed by atoms with van der Waals surface area (Å²) in [6, 6.07) is 14.3. The van der Waals surface area contributed by atoms with Crippen molar-refractivity contribution in [2.75, 3.05) is 17.2 Å². The minimum atomic E-state index is -0.113. The van der Waals surface area contributed by atoms with Gasteiger partial charge < -0.3 is 21.1 Å². The number of fused-ring (bicyclic) bond motifs is 2. The molecule has 1 atom stereocenters. The van der Waals surface area contributed by atoms with Crippen LogP contribution in [0.2, 0.25) is 0 Å². The quantitative estimate of drug-likeness (QED) is 0.416. The number of rotatable bonds is 6. The van der Waals surface area contributed by atoms with E-state index in [1.165, 1.54) is 11.1 Å². The van der Waals surface area contributed by atoms with Gasteiger partial charge in [0.05, 0.1) is 0 Å². The third-order valence-corrected chi connectivity index (χ3v) is 7.44. The smallest absolute Gasteiger partial charge is 0.227 e. The molecule has 2 amide bonds. The van der Waals surface area contributed by atoms with Crippen molar-refractivity contribution in [1.82, 2.24) is 4.98 Å². The standard InChI is InChI=1S/C31H36N4O3/c1-31(2,3)23-14-19(10-12-32)15-24(18-23)34-30(37)21-5-4-20-6-7-25(17-22(20)16-21)38-27-11-13-33-29-26(27)8-9-28(36)35-29/h6-7,11,13-15,17-18,21H,4-5,8-10,12,16,32H2,1-3H3,(H,34,37)(H,33,35,36). The van der Waals surface area contributed by atoms with Gasteiger partial charge in [0.2, 0.25) is 11.8 Å². The van der Waals surface area contributed by atoms with Gasteiger partial charge in [-0.3, -0.25) is 9.59 Å². The summed E-state index contributed by atoms with van der Waals surface area (Å²) in [5, 5.41) is 6.01. The first-order chi connectivity index (χ1) is 18.2. The van der Waals surface area contributed by atoms with Gasteiger partial charge in [0, 0.05) is 29.8 Å². The fraction of sp³-hybridized carbons (Fsp3) is 0.387. The summed E-state index contributed by atoms with van der Waals surface area (Å²) in [5.74, 6) is 1.90. The second kappa shape index (κ2) is 10.6. The van der Waals surface area contributed by atoms with E-state index in [0.717, 1.165) is 47.4 Å². The Labute approximate surface area is 224 Å². The minimum Gasteiger partial charge on any atom is -0.457 e. The lowest BCUT2D eigenvalue weighted by atomic mass is 9.83. The van der Waals surface area contributed by atoms with Gasteiger partial charge in [0.15, 0.2) is 0 Å². The van der Waals surface area contributed by atoms with Crippen molar-refractivity contribution < 1.29 is 14.3 Å². The van der Waals surface area contributed by atoms with Crippen LogP contribution in [0.3, 0.4) is 0 Å². The van der Waals surface area contributed by atoms with Crippen LogP contribution in [-0.4, -0.2) is 23.3 Å². The molecule has 1 aliphatic heterocycles. The molecule has 0 fully saturated rings. The van der Waals surface area contributed by atoms with Gasteiger partial charge in [0.1, 0.15) is 17.3 Å². The maximum atomic E-state index is 13.4. The lowest BCUT2D eigenvalue weighted by Crippen LogP contribution is -2.28. The second-order valence-corrected chi connectivity index (χ2v) is 11.4. The van der Waals surface area contributed by atoms with E-state index in [0.29, 0.717) is 37.4 Å². The molecule has 1 unspecified atom stereocenters. The number of hydrogen-bond acceptors (Lipinski definition) is 5. The first kappa shape index (κ1) is 25.9. The molecule has 0 saturated carbocycles. The van der Waals surface area contributed by atoms with Crippen molar-refractivity contribution in [3.05, 3.63) is 76.5 Å². The molecule has 1 aliphatic carbocycles. The van der Waals surface area contributed by atoms with Gasteiger partial charge in [-0.2, -0.15) is 0 Å². The highest BCUT2D eigenvalue weighted by Gasteiger charge is 2.26. The topological polar surface area (TPSA) is 106 Å². The molecule has 38 heavy (non-hydrogen) atoms. The molecule has 1 aromatic heterocycles. The largest absolute Gasteiger partial charge is 0.457 e. The molecular weight excluding hydrogens is 476 g/mol. The zero-order valence-corrected chi connectivity index (χ0v) is 22.4. The Bertz CT molecular complexity index is 1380. The van der Waals surface area contributed by atoms with Crippen molar-refractivity contribution >= 4 is 23.3 Å². The van der Waals surface area contributed by atoms with Crippen LogP contribution in [-0.2, 0) is 40.7 Å². The van der Waals surface area contributed by atoms with Crippen LogP contribution in [0, 0.1) is 5.92 Å². The van der Waals surface area contributed by atoms with E-state index in [4.69, 9.17) is 10.5 Å². The molecular formula is C31H36N4O3. The summed E-state index contributed by atoms with van der Waals surface area (Å²) in [6.45, 7) is 7.10. The molecule has 2 heterocycles. The second-order valence-electron chi connectivity index (χ2n) is 11.4. The Morgan fingerprint density at radius 1 is 1.11 bits per heavy atom. The number of pyridine rings is 1. The van der Waals surface area contributed by atoms with Gasteiger partial charge in [0.25, 0.3) is 0 Å². The number of amides is 2. The van der Waals surface area contributed by atoms with Crippen LogP contribution in [0.4, 0.5) is 11.5 Å². The van der Waals surface area contributed by atoms with Crippen molar-refractivity contribution in [3.8, 4) is 11.5 Å². The number of ether oxygens (including phenoxy) is 1. The van der Waals surface area contributed by atoms with E-state index in [-0.39, 0.29) is 23.1 Å². The number of nitrogens with one attached hydrogen (secondary N) is 2. The molecule has 0 bridgehead atoms. The van der Waals surface area contributed by atoms with Crippen molar-refractivity contribution in [2.24, 2.45) is 11.7 Å². The van der Waals surface area contributed by atoms with E-state index in [9.17, 15) is 9.59 Å². The molecule has 4 N–H and O–H groups in total. The zero-order chi connectivity index (χ0) is 26.9. The summed E-state index contributed by atoms with van der Waals surface area (Å²) in [4.78, 5) is 29.4. The third-order valence-electron chi connectivity index (χ3n) is 7.44. The van der Waals surface area contributed by atoms with E-state index >= 15 is 0 Å². The van der Waals surface area contributed by atoms with Gasteiger partial charge in [-0.1, -0.05) is 32.9 Å². The van der Waals surface area contributed by atoms with Crippen LogP contribution in [0.25, 0.3) is 0 Å². The van der Waals surface area contributed by atoms with E-state index in [2.05, 4.69) is 54.6 Å². The number of carbonyl (C=O) groups is 2. The van der Waals surface area contributed by atoms with Gasteiger partial charge in [-0.05, 0) is 96.6 Å². The maximum Gasteiger partial charge on any atom is 0.227 e. The zero-order valence-electron chi connectivity index (χ0n) is 22.4. The highest BCUT2D eigenvalue weighted by molar-refractivity contribution is 5.94. The van der Waals surface area contributed by atoms with E-state index in [1.54, 1.807) is 6.20 Å². The van der Waals surface area contributed by atoms with Crippen molar-refractivity contribution in [2.45, 2.75) is 64.7 Å². The molecule has 0 saturated heterocycles. The molecule has 0 spiro atoms. The van der Waals surface area contributed by atoms with Gasteiger partial charge in [-0.25, -0.2) is 4.98 Å². The number of nitrogens with zero attached hydrogens (tertiary/aromatic N) is 1. The van der Waals surface area contributed by atoms with E-state index < -0.39 is 0 Å². The molecule has 2 aromatic carbocycles. The van der Waals surface area contributed by atoms with Gasteiger partial charge >= 0.3 is 0 Å². The third kappa shape index (κ3) is 5.73. The number of aryl methyl sites for hydroxylation is 1. The number of aromatic nitrogens is 1. The van der Waals surface area contributed by atoms with E-state index in [1.807, 2.05) is 24.3 Å². The number of anilines is 2. The summed E-state index contributed by atoms with van der Waals surface area (Å²) >= 11 is 0. The van der Waals surface area contributed by atoms with Crippen LogP contribution in [0.15, 0.2) is 48.7 Å². The first-order valence-electron chi connectivity index (χ1n) is 13.4. The Morgan fingerprint density at radius 2 is 1.95 bits per heavy atom. The average Bonchev–Trinajstić information content (AvgIpc) is 2.88. The lowest BCUT2D eigenvalue weighted by Gasteiger charge is -2.26. The first-order valence-corrected chi connectivity index (χ1v) is 13.4. The number of carbonyl (C=O) groups excluding carboxylic acids is 2. The summed E-state index contributed by atoms with van der Waals surface area (Å²) < 4.78 is 6.25. The molecule has 198 valence electrons. The minimum absolute atomic E-state index is 0.0239. The monoisotopic (exact) mass is 512 g/mol. The fourth-order valence-corrected chi connectivity index (χ4v) is 5.25. The predicted octanol–water partition coefficient (Wildman–Crippen LogP) is 5.30. The molecule has 3 aromatic rings. The molecule has 7 heteroatoms.